The molecule has 14 heavy (non-hydrogen) atoms. The lowest BCUT2D eigenvalue weighted by molar-refractivity contribution is -0.118. The van der Waals surface area contributed by atoms with E-state index in [0.717, 1.165) is 11.2 Å². The van der Waals surface area contributed by atoms with E-state index in [9.17, 15) is 4.79 Å². The number of carbonyl (C=O) groups is 1. The Kier molecular flexibility index (Phi) is 2.31. The minimum absolute atomic E-state index is 0.268. The zero-order chi connectivity index (χ0) is 9.97. The summed E-state index contributed by atoms with van der Waals surface area (Å²) in [6.07, 6.45) is 6.71. The lowest BCUT2D eigenvalue weighted by Gasteiger charge is -2.00. The van der Waals surface area contributed by atoms with E-state index in [2.05, 4.69) is 4.98 Å². The van der Waals surface area contributed by atoms with Gasteiger partial charge in [0.05, 0.1) is 0 Å². The summed E-state index contributed by atoms with van der Waals surface area (Å²) in [5.74, 6) is 0.268. The normalized spacial score (nSPS) is 10.6. The van der Waals surface area contributed by atoms with Crippen molar-refractivity contribution in [3.8, 4) is 0 Å². The first-order chi connectivity index (χ1) is 6.79. The minimum atomic E-state index is 0.268. The monoisotopic (exact) mass is 188 g/mol. The van der Waals surface area contributed by atoms with E-state index in [1.165, 1.54) is 0 Å². The molecule has 0 bridgehead atoms. The van der Waals surface area contributed by atoms with Crippen molar-refractivity contribution in [2.24, 2.45) is 0 Å². The van der Waals surface area contributed by atoms with Crippen LogP contribution in [0.25, 0.3) is 5.65 Å². The van der Waals surface area contributed by atoms with E-state index in [1.54, 1.807) is 6.20 Å². The maximum absolute atomic E-state index is 11.2. The molecule has 0 unspecified atom stereocenters. The molecule has 0 fully saturated rings. The molecule has 0 aromatic carbocycles. The summed E-state index contributed by atoms with van der Waals surface area (Å²) in [7, 11) is 0. The molecule has 0 saturated carbocycles. The number of aromatic nitrogens is 2. The van der Waals surface area contributed by atoms with Crippen LogP contribution in [0.4, 0.5) is 0 Å². The highest BCUT2D eigenvalue weighted by molar-refractivity contribution is 5.80. The molecule has 0 amide bonds. The van der Waals surface area contributed by atoms with Gasteiger partial charge in [-0.1, -0.05) is 13.0 Å². The minimum Gasteiger partial charge on any atom is -0.307 e. The maximum atomic E-state index is 11.2. The van der Waals surface area contributed by atoms with Gasteiger partial charge in [-0.3, -0.25) is 4.79 Å². The second-order valence-corrected chi connectivity index (χ2v) is 3.30. The molecule has 0 spiro atoms. The van der Waals surface area contributed by atoms with E-state index in [0.29, 0.717) is 12.8 Å². The lowest BCUT2D eigenvalue weighted by Crippen LogP contribution is -2.01. The number of hydrogen-bond donors (Lipinski definition) is 0. The number of fused-ring (bicyclic) bond motifs is 1. The molecule has 3 heteroatoms. The van der Waals surface area contributed by atoms with Crippen LogP contribution in [0.1, 0.15) is 18.9 Å². The molecule has 0 N–H and O–H groups in total. The van der Waals surface area contributed by atoms with Crippen molar-refractivity contribution in [3.05, 3.63) is 36.3 Å². The standard InChI is InChI=1S/C11H12N2O/c1-2-10(14)7-9-3-4-11-12-5-6-13(11)8-9/h3-6,8H,2,7H2,1H3. The molecule has 2 rings (SSSR count). The highest BCUT2D eigenvalue weighted by Crippen LogP contribution is 2.06. The summed E-state index contributed by atoms with van der Waals surface area (Å²) in [6, 6.07) is 3.88. The third kappa shape index (κ3) is 1.66. The fourth-order valence-electron chi connectivity index (χ4n) is 1.42. The van der Waals surface area contributed by atoms with Crippen LogP contribution in [-0.2, 0) is 11.2 Å². The molecule has 2 aromatic heterocycles. The first-order valence-electron chi connectivity index (χ1n) is 4.73. The van der Waals surface area contributed by atoms with Crippen molar-refractivity contribution in [1.82, 2.24) is 9.38 Å². The van der Waals surface area contributed by atoms with Gasteiger partial charge in [0.25, 0.3) is 0 Å². The van der Waals surface area contributed by atoms with Crippen LogP contribution in [0.15, 0.2) is 30.7 Å². The quantitative estimate of drug-likeness (QED) is 0.736. The largest absolute Gasteiger partial charge is 0.307 e. The average Bonchev–Trinajstić information content (AvgIpc) is 2.64. The van der Waals surface area contributed by atoms with Crippen LogP contribution in [0.5, 0.6) is 0 Å². The second kappa shape index (κ2) is 3.62. The van der Waals surface area contributed by atoms with E-state index in [4.69, 9.17) is 0 Å². The number of hydrogen-bond acceptors (Lipinski definition) is 2. The highest BCUT2D eigenvalue weighted by atomic mass is 16.1. The number of rotatable bonds is 3. The third-order valence-electron chi connectivity index (χ3n) is 2.25. The molecular weight excluding hydrogens is 176 g/mol. The van der Waals surface area contributed by atoms with Crippen LogP contribution < -0.4 is 0 Å². The maximum Gasteiger partial charge on any atom is 0.137 e. The predicted octanol–water partition coefficient (Wildman–Crippen LogP) is 1.86. The predicted molar refractivity (Wildman–Crippen MR) is 54.2 cm³/mol. The SMILES string of the molecule is CCC(=O)Cc1ccc2nccn2c1. The van der Waals surface area contributed by atoms with E-state index in [1.807, 2.05) is 35.9 Å². The highest BCUT2D eigenvalue weighted by Gasteiger charge is 2.01. The smallest absolute Gasteiger partial charge is 0.137 e. The Morgan fingerprint density at radius 3 is 3.14 bits per heavy atom. The Morgan fingerprint density at radius 1 is 1.50 bits per heavy atom. The van der Waals surface area contributed by atoms with E-state index < -0.39 is 0 Å². The van der Waals surface area contributed by atoms with Crippen molar-refractivity contribution in [2.75, 3.05) is 0 Å². The lowest BCUT2D eigenvalue weighted by atomic mass is 10.1. The number of pyridine rings is 1. The Morgan fingerprint density at radius 2 is 2.36 bits per heavy atom. The van der Waals surface area contributed by atoms with Crippen LogP contribution in [0, 0.1) is 0 Å². The van der Waals surface area contributed by atoms with Gasteiger partial charge in [0, 0.05) is 31.4 Å². The fraction of sp³-hybridized carbons (Fsp3) is 0.273. The van der Waals surface area contributed by atoms with Gasteiger partial charge in [0.2, 0.25) is 0 Å². The van der Waals surface area contributed by atoms with Crippen LogP contribution in [0.3, 0.4) is 0 Å². The van der Waals surface area contributed by atoms with Crippen molar-refractivity contribution in [1.29, 1.82) is 0 Å². The summed E-state index contributed by atoms with van der Waals surface area (Å²) in [5, 5.41) is 0. The number of carbonyl (C=O) groups excluding carboxylic acids is 1. The number of Topliss-reactive ketones (excluding diaryl/α,β-unsaturated/α-hetero) is 1. The molecule has 0 aliphatic carbocycles. The number of ketones is 1. The van der Waals surface area contributed by atoms with Gasteiger partial charge in [0.15, 0.2) is 0 Å². The van der Waals surface area contributed by atoms with Gasteiger partial charge < -0.3 is 4.40 Å². The Balaban J connectivity index is 2.30. The van der Waals surface area contributed by atoms with Gasteiger partial charge in [-0.05, 0) is 11.6 Å². The van der Waals surface area contributed by atoms with Crippen molar-refractivity contribution >= 4 is 11.4 Å². The molecule has 0 radical (unpaired) electrons. The van der Waals surface area contributed by atoms with E-state index in [-0.39, 0.29) is 5.78 Å². The molecule has 72 valence electrons. The van der Waals surface area contributed by atoms with Crippen molar-refractivity contribution in [2.45, 2.75) is 19.8 Å². The molecule has 2 aromatic rings. The topological polar surface area (TPSA) is 34.4 Å². The second-order valence-electron chi connectivity index (χ2n) is 3.30. The van der Waals surface area contributed by atoms with Crippen molar-refractivity contribution < 1.29 is 4.79 Å². The molecule has 0 aliphatic rings. The summed E-state index contributed by atoms with van der Waals surface area (Å²) in [4.78, 5) is 15.4. The van der Waals surface area contributed by atoms with E-state index >= 15 is 0 Å². The molecule has 0 aliphatic heterocycles. The zero-order valence-electron chi connectivity index (χ0n) is 8.10. The summed E-state index contributed by atoms with van der Waals surface area (Å²) < 4.78 is 1.93. The summed E-state index contributed by atoms with van der Waals surface area (Å²) in [5.41, 5.74) is 1.96. The van der Waals surface area contributed by atoms with Gasteiger partial charge in [-0.15, -0.1) is 0 Å². The molecule has 0 saturated heterocycles. The molecule has 2 heterocycles. The molecule has 0 atom stereocenters. The van der Waals surface area contributed by atoms with Crippen LogP contribution in [-0.4, -0.2) is 15.2 Å². The van der Waals surface area contributed by atoms with Gasteiger partial charge in [0.1, 0.15) is 11.4 Å². The summed E-state index contributed by atoms with van der Waals surface area (Å²) in [6.45, 7) is 1.89. The van der Waals surface area contributed by atoms with Gasteiger partial charge in [-0.25, -0.2) is 4.98 Å². The fourth-order valence-corrected chi connectivity index (χ4v) is 1.42. The number of nitrogens with zero attached hydrogens (tertiary/aromatic N) is 2. The first-order valence-corrected chi connectivity index (χ1v) is 4.73. The Hall–Kier alpha value is -1.64. The average molecular weight is 188 g/mol. The Bertz CT molecular complexity index is 459. The van der Waals surface area contributed by atoms with Crippen LogP contribution >= 0.6 is 0 Å². The third-order valence-corrected chi connectivity index (χ3v) is 2.25. The zero-order valence-corrected chi connectivity index (χ0v) is 8.10. The Labute approximate surface area is 82.4 Å². The first kappa shape index (κ1) is 8.94. The van der Waals surface area contributed by atoms with Gasteiger partial charge in [-0.2, -0.15) is 0 Å². The van der Waals surface area contributed by atoms with Crippen molar-refractivity contribution in [3.63, 3.8) is 0 Å². The van der Waals surface area contributed by atoms with Crippen LogP contribution in [0.2, 0.25) is 0 Å². The molecule has 3 nitrogen and oxygen atoms in total. The van der Waals surface area contributed by atoms with Gasteiger partial charge >= 0.3 is 0 Å². The summed E-state index contributed by atoms with van der Waals surface area (Å²) >= 11 is 0. The molecular formula is C11H12N2O. The number of imidazole rings is 1.